The summed E-state index contributed by atoms with van der Waals surface area (Å²) in [7, 11) is -3.28. The molecule has 0 saturated heterocycles. The van der Waals surface area contributed by atoms with Gasteiger partial charge in [-0.1, -0.05) is 19.9 Å². The first-order valence-electron chi connectivity index (χ1n) is 6.05. The van der Waals surface area contributed by atoms with Gasteiger partial charge in [0.1, 0.15) is 0 Å². The molecule has 1 unspecified atom stereocenters. The molecule has 6 heteroatoms. The maximum absolute atomic E-state index is 11.8. The Balaban J connectivity index is 2.50. The second kappa shape index (κ2) is 6.82. The maximum atomic E-state index is 11.8. The summed E-state index contributed by atoms with van der Waals surface area (Å²) in [5.41, 5.74) is 0.720. The molecular formula is C12H21N3O2S. The van der Waals surface area contributed by atoms with Crippen molar-refractivity contribution in [2.24, 2.45) is 0 Å². The molecule has 18 heavy (non-hydrogen) atoms. The zero-order valence-electron chi connectivity index (χ0n) is 11.1. The fraction of sp³-hybridized carbons (Fsp3) is 0.583. The highest BCUT2D eigenvalue weighted by Gasteiger charge is 2.16. The SMILES string of the molecule is CC(C)NCCS(=O)(=O)NC(C)c1ccccn1. The fourth-order valence-electron chi connectivity index (χ4n) is 1.50. The molecule has 0 radical (unpaired) electrons. The summed E-state index contributed by atoms with van der Waals surface area (Å²) >= 11 is 0. The van der Waals surface area contributed by atoms with Crippen LogP contribution in [0.1, 0.15) is 32.5 Å². The number of nitrogens with one attached hydrogen (secondary N) is 2. The Morgan fingerprint density at radius 2 is 2.00 bits per heavy atom. The Kier molecular flexibility index (Phi) is 5.71. The Bertz CT molecular complexity index is 446. The van der Waals surface area contributed by atoms with E-state index in [1.807, 2.05) is 19.9 Å². The predicted octanol–water partition coefficient (Wildman–Crippen LogP) is 1.06. The highest BCUT2D eigenvalue weighted by atomic mass is 32.2. The number of pyridine rings is 1. The molecule has 102 valence electrons. The van der Waals surface area contributed by atoms with Crippen molar-refractivity contribution in [2.45, 2.75) is 32.9 Å². The quantitative estimate of drug-likeness (QED) is 0.778. The molecule has 0 spiro atoms. The normalized spacial score (nSPS) is 13.8. The van der Waals surface area contributed by atoms with E-state index in [0.29, 0.717) is 6.54 Å². The molecule has 5 nitrogen and oxygen atoms in total. The van der Waals surface area contributed by atoms with Crippen molar-refractivity contribution in [2.75, 3.05) is 12.3 Å². The van der Waals surface area contributed by atoms with Crippen LogP contribution >= 0.6 is 0 Å². The Labute approximate surface area is 109 Å². The van der Waals surface area contributed by atoms with Gasteiger partial charge in [-0.15, -0.1) is 0 Å². The lowest BCUT2D eigenvalue weighted by molar-refractivity contribution is 0.553. The average molecular weight is 271 g/mol. The van der Waals surface area contributed by atoms with Crippen LogP contribution in [-0.2, 0) is 10.0 Å². The number of hydrogen-bond acceptors (Lipinski definition) is 4. The Morgan fingerprint density at radius 1 is 1.28 bits per heavy atom. The van der Waals surface area contributed by atoms with Gasteiger partial charge in [0.05, 0.1) is 17.5 Å². The zero-order valence-corrected chi connectivity index (χ0v) is 11.9. The first-order chi connectivity index (χ1) is 8.41. The summed E-state index contributed by atoms with van der Waals surface area (Å²) in [5.74, 6) is 0.0718. The largest absolute Gasteiger partial charge is 0.313 e. The standard InChI is InChI=1S/C12H21N3O2S/c1-10(2)13-8-9-18(16,17)15-11(3)12-6-4-5-7-14-12/h4-7,10-11,13,15H,8-9H2,1-3H3. The van der Waals surface area contributed by atoms with Crippen LogP contribution in [0.3, 0.4) is 0 Å². The van der Waals surface area contributed by atoms with Crippen molar-refractivity contribution < 1.29 is 8.42 Å². The number of sulfonamides is 1. The van der Waals surface area contributed by atoms with E-state index in [-0.39, 0.29) is 17.8 Å². The fourth-order valence-corrected chi connectivity index (χ4v) is 2.67. The molecule has 1 rings (SSSR count). The van der Waals surface area contributed by atoms with Crippen molar-refractivity contribution in [3.63, 3.8) is 0 Å². The van der Waals surface area contributed by atoms with Gasteiger partial charge in [0.25, 0.3) is 0 Å². The molecule has 1 heterocycles. The lowest BCUT2D eigenvalue weighted by atomic mass is 10.2. The van der Waals surface area contributed by atoms with Crippen LogP contribution in [0.25, 0.3) is 0 Å². The molecule has 0 aliphatic carbocycles. The summed E-state index contributed by atoms with van der Waals surface area (Å²) in [6, 6.07) is 5.42. The maximum Gasteiger partial charge on any atom is 0.213 e. The summed E-state index contributed by atoms with van der Waals surface area (Å²) in [4.78, 5) is 4.13. The Morgan fingerprint density at radius 3 is 2.56 bits per heavy atom. The van der Waals surface area contributed by atoms with E-state index in [2.05, 4.69) is 15.0 Å². The minimum absolute atomic E-state index is 0.0718. The number of rotatable bonds is 7. The summed E-state index contributed by atoms with van der Waals surface area (Å²) in [6.45, 7) is 6.20. The molecule has 0 fully saturated rings. The van der Waals surface area contributed by atoms with E-state index in [0.717, 1.165) is 5.69 Å². The molecule has 0 aliphatic rings. The lowest BCUT2D eigenvalue weighted by Gasteiger charge is -2.14. The van der Waals surface area contributed by atoms with Crippen molar-refractivity contribution in [1.82, 2.24) is 15.0 Å². The first kappa shape index (κ1) is 15.1. The molecule has 1 aromatic heterocycles. The number of aromatic nitrogens is 1. The van der Waals surface area contributed by atoms with Crippen molar-refractivity contribution in [3.8, 4) is 0 Å². The molecule has 1 atom stereocenters. The van der Waals surface area contributed by atoms with Crippen LogP contribution in [0.4, 0.5) is 0 Å². The Hall–Kier alpha value is -0.980. The van der Waals surface area contributed by atoms with Gasteiger partial charge >= 0.3 is 0 Å². The van der Waals surface area contributed by atoms with Gasteiger partial charge in [-0.05, 0) is 19.1 Å². The topological polar surface area (TPSA) is 71.1 Å². The van der Waals surface area contributed by atoms with Crippen molar-refractivity contribution in [3.05, 3.63) is 30.1 Å². The second-order valence-electron chi connectivity index (χ2n) is 4.52. The molecule has 0 amide bonds. The van der Waals surface area contributed by atoms with Crippen LogP contribution in [-0.4, -0.2) is 31.7 Å². The molecule has 0 saturated carbocycles. The summed E-state index contributed by atoms with van der Waals surface area (Å²) < 4.78 is 26.2. The highest BCUT2D eigenvalue weighted by Crippen LogP contribution is 2.09. The monoisotopic (exact) mass is 271 g/mol. The van der Waals surface area contributed by atoms with Gasteiger partial charge in [-0.2, -0.15) is 0 Å². The molecule has 2 N–H and O–H groups in total. The van der Waals surface area contributed by atoms with Crippen LogP contribution in [0.15, 0.2) is 24.4 Å². The molecular weight excluding hydrogens is 250 g/mol. The van der Waals surface area contributed by atoms with Gasteiger partial charge in [0.2, 0.25) is 10.0 Å². The second-order valence-corrected chi connectivity index (χ2v) is 6.40. The van der Waals surface area contributed by atoms with Crippen LogP contribution < -0.4 is 10.0 Å². The summed E-state index contributed by atoms with van der Waals surface area (Å²) in [6.07, 6.45) is 1.65. The van der Waals surface area contributed by atoms with Gasteiger partial charge in [-0.25, -0.2) is 13.1 Å². The highest BCUT2D eigenvalue weighted by molar-refractivity contribution is 7.89. The zero-order chi connectivity index (χ0) is 13.6. The van der Waals surface area contributed by atoms with E-state index in [9.17, 15) is 8.42 Å². The van der Waals surface area contributed by atoms with E-state index in [1.165, 1.54) is 0 Å². The predicted molar refractivity (Wildman–Crippen MR) is 72.7 cm³/mol. The number of hydrogen-bond donors (Lipinski definition) is 2. The van der Waals surface area contributed by atoms with Gasteiger partial charge in [-0.3, -0.25) is 4.98 Å². The van der Waals surface area contributed by atoms with Crippen LogP contribution in [0, 0.1) is 0 Å². The minimum Gasteiger partial charge on any atom is -0.313 e. The summed E-state index contributed by atoms with van der Waals surface area (Å²) in [5, 5.41) is 3.08. The van der Waals surface area contributed by atoms with Crippen LogP contribution in [0.2, 0.25) is 0 Å². The van der Waals surface area contributed by atoms with E-state index >= 15 is 0 Å². The van der Waals surface area contributed by atoms with Gasteiger partial charge in [0, 0.05) is 18.8 Å². The molecule has 0 aliphatic heterocycles. The van der Waals surface area contributed by atoms with E-state index in [1.54, 1.807) is 25.3 Å². The van der Waals surface area contributed by atoms with Crippen molar-refractivity contribution in [1.29, 1.82) is 0 Å². The molecule has 0 aromatic carbocycles. The van der Waals surface area contributed by atoms with Crippen LogP contribution in [0.5, 0.6) is 0 Å². The average Bonchev–Trinajstić information content (AvgIpc) is 2.28. The van der Waals surface area contributed by atoms with Gasteiger partial charge < -0.3 is 5.32 Å². The van der Waals surface area contributed by atoms with E-state index in [4.69, 9.17) is 0 Å². The lowest BCUT2D eigenvalue weighted by Crippen LogP contribution is -2.35. The first-order valence-corrected chi connectivity index (χ1v) is 7.70. The third kappa shape index (κ3) is 5.57. The minimum atomic E-state index is -3.28. The third-order valence-corrected chi connectivity index (χ3v) is 3.87. The smallest absolute Gasteiger partial charge is 0.213 e. The van der Waals surface area contributed by atoms with Crippen molar-refractivity contribution >= 4 is 10.0 Å². The van der Waals surface area contributed by atoms with Gasteiger partial charge in [0.15, 0.2) is 0 Å². The third-order valence-electron chi connectivity index (χ3n) is 2.41. The number of nitrogens with zero attached hydrogens (tertiary/aromatic N) is 1. The van der Waals surface area contributed by atoms with E-state index < -0.39 is 10.0 Å². The molecule has 0 bridgehead atoms. The molecule has 1 aromatic rings.